The molecule has 0 saturated heterocycles. The lowest BCUT2D eigenvalue weighted by Gasteiger charge is -2.17. The van der Waals surface area contributed by atoms with Crippen LogP contribution in [0.3, 0.4) is 0 Å². The van der Waals surface area contributed by atoms with Crippen molar-refractivity contribution in [1.82, 2.24) is 9.46 Å². The molecule has 0 aliphatic carbocycles. The van der Waals surface area contributed by atoms with Gasteiger partial charge in [-0.2, -0.15) is 0 Å². The Morgan fingerprint density at radius 3 is 2.38 bits per heavy atom. The van der Waals surface area contributed by atoms with Gasteiger partial charge in [-0.25, -0.2) is 17.5 Å². The molecule has 3 rings (SSSR count). The molecule has 0 bridgehead atoms. The van der Waals surface area contributed by atoms with Crippen molar-refractivity contribution in [3.8, 4) is 22.4 Å². The van der Waals surface area contributed by atoms with E-state index in [0.29, 0.717) is 27.1 Å². The van der Waals surface area contributed by atoms with Crippen LogP contribution in [0.4, 0.5) is 4.79 Å². The number of aryl methyl sites for hydroxylation is 1. The van der Waals surface area contributed by atoms with Gasteiger partial charge in [0.1, 0.15) is 23.8 Å². The first-order valence-corrected chi connectivity index (χ1v) is 13.9. The fraction of sp³-hybridized carbons (Fsp3) is 0.227. The summed E-state index contributed by atoms with van der Waals surface area (Å²) in [5.41, 5.74) is 2.99. The van der Waals surface area contributed by atoms with Gasteiger partial charge in [0.15, 0.2) is 0 Å². The Morgan fingerprint density at radius 1 is 1.06 bits per heavy atom. The number of amides is 1. The molecule has 1 N–H and O–H groups in total. The molecule has 9 nitrogen and oxygen atoms in total. The molecule has 1 heterocycles. The zero-order valence-corrected chi connectivity index (χ0v) is 20.8. The van der Waals surface area contributed by atoms with Crippen LogP contribution in [-0.2, 0) is 19.6 Å². The third kappa shape index (κ3) is 6.13. The predicted molar refractivity (Wildman–Crippen MR) is 131 cm³/mol. The molecule has 180 valence electrons. The monoisotopic (exact) mass is 522 g/mol. The zero-order valence-electron chi connectivity index (χ0n) is 18.3. The van der Waals surface area contributed by atoms with Crippen LogP contribution >= 0.6 is 21.6 Å². The topological polar surface area (TPSA) is 127 Å². The third-order valence-electron chi connectivity index (χ3n) is 4.63. The zero-order chi connectivity index (χ0) is 24.7. The first-order chi connectivity index (χ1) is 16.2. The van der Waals surface area contributed by atoms with E-state index >= 15 is 0 Å². The lowest BCUT2D eigenvalue weighted by atomic mass is 10.00. The smallest absolute Gasteiger partial charge is 0.423 e. The molecule has 1 amide bonds. The number of carbonyl (C=O) groups excluding carboxylic acids is 1. The first-order valence-electron chi connectivity index (χ1n) is 9.96. The van der Waals surface area contributed by atoms with Gasteiger partial charge in [-0.15, -0.1) is 0 Å². The first kappa shape index (κ1) is 25.7. The molecule has 0 fully saturated rings. The van der Waals surface area contributed by atoms with Gasteiger partial charge < -0.3 is 14.4 Å². The van der Waals surface area contributed by atoms with E-state index in [0.717, 1.165) is 29.0 Å². The summed E-state index contributed by atoms with van der Waals surface area (Å²) in [7, 11) is -0.687. The van der Waals surface area contributed by atoms with Crippen molar-refractivity contribution < 1.29 is 32.4 Å². The Kier molecular flexibility index (Phi) is 8.64. The summed E-state index contributed by atoms with van der Waals surface area (Å²) in [4.78, 5) is 22.6. The number of aliphatic carboxylic acids is 1. The Bertz CT molecular complexity index is 1240. The Hall–Kier alpha value is -2.96. The highest BCUT2D eigenvalue weighted by atomic mass is 33.1. The molecule has 0 aliphatic heterocycles. The molecule has 0 unspecified atom stereocenters. The Balaban J connectivity index is 1.68. The van der Waals surface area contributed by atoms with Crippen LogP contribution < -0.4 is 0 Å². The van der Waals surface area contributed by atoms with Crippen molar-refractivity contribution in [1.29, 1.82) is 0 Å². The second-order valence-corrected chi connectivity index (χ2v) is 11.5. The number of rotatable bonds is 10. The lowest BCUT2D eigenvalue weighted by Crippen LogP contribution is -2.34. The summed E-state index contributed by atoms with van der Waals surface area (Å²) in [5.74, 6) is -0.0576. The number of ether oxygens (including phenoxy) is 1. The van der Waals surface area contributed by atoms with Crippen molar-refractivity contribution in [3.63, 3.8) is 0 Å². The summed E-state index contributed by atoms with van der Waals surface area (Å²) in [6.07, 6.45) is -1.02. The van der Waals surface area contributed by atoms with Gasteiger partial charge in [0.25, 0.3) is 10.0 Å². The predicted octanol–water partition coefficient (Wildman–Crippen LogP) is 4.54. The van der Waals surface area contributed by atoms with Gasteiger partial charge in [-0.1, -0.05) is 69.2 Å². The molecule has 0 spiro atoms. The van der Waals surface area contributed by atoms with Crippen LogP contribution in [0, 0.1) is 6.92 Å². The fourth-order valence-electron chi connectivity index (χ4n) is 2.96. The Morgan fingerprint density at radius 2 is 1.74 bits per heavy atom. The minimum Gasteiger partial charge on any atom is -0.481 e. The molecule has 1 aromatic heterocycles. The van der Waals surface area contributed by atoms with Gasteiger partial charge in [-0.05, 0) is 24.6 Å². The number of hydrogen-bond donors (Lipinski definition) is 1. The van der Waals surface area contributed by atoms with E-state index in [1.54, 1.807) is 12.1 Å². The molecular weight excluding hydrogens is 500 g/mol. The van der Waals surface area contributed by atoms with E-state index in [-0.39, 0.29) is 17.3 Å². The highest BCUT2D eigenvalue weighted by molar-refractivity contribution is 8.76. The number of carbonyl (C=O) groups is 2. The van der Waals surface area contributed by atoms with E-state index in [1.165, 1.54) is 22.9 Å². The van der Waals surface area contributed by atoms with Gasteiger partial charge in [0, 0.05) is 18.4 Å². The average molecular weight is 523 g/mol. The Labute approximate surface area is 204 Å². The largest absolute Gasteiger partial charge is 0.481 e. The van der Waals surface area contributed by atoms with Crippen LogP contribution in [0.15, 0.2) is 64.0 Å². The van der Waals surface area contributed by atoms with Crippen molar-refractivity contribution in [2.45, 2.75) is 11.8 Å². The summed E-state index contributed by atoms with van der Waals surface area (Å²) in [6.45, 7) is 1.75. The quantitative estimate of drug-likeness (QED) is 0.299. The summed E-state index contributed by atoms with van der Waals surface area (Å²) in [5, 5.41) is 12.7. The van der Waals surface area contributed by atoms with Gasteiger partial charge in [0.2, 0.25) is 0 Å². The molecule has 12 heteroatoms. The van der Waals surface area contributed by atoms with Gasteiger partial charge >= 0.3 is 12.1 Å². The van der Waals surface area contributed by atoms with Crippen LogP contribution in [0.5, 0.6) is 0 Å². The molecule has 34 heavy (non-hydrogen) atoms. The summed E-state index contributed by atoms with van der Waals surface area (Å²) >= 11 is 0. The lowest BCUT2D eigenvalue weighted by molar-refractivity contribution is -0.133. The second kappa shape index (κ2) is 11.4. The van der Waals surface area contributed by atoms with Crippen LogP contribution in [0.1, 0.15) is 5.76 Å². The molecule has 0 saturated carbocycles. The minimum atomic E-state index is -4.13. The number of aromatic nitrogens is 1. The highest BCUT2D eigenvalue weighted by Gasteiger charge is 2.27. The van der Waals surface area contributed by atoms with E-state index in [9.17, 15) is 18.0 Å². The van der Waals surface area contributed by atoms with Crippen LogP contribution in [0.25, 0.3) is 22.4 Å². The summed E-state index contributed by atoms with van der Waals surface area (Å²) < 4.78 is 36.6. The number of carboxylic acids is 1. The molecular formula is C22H22N2O7S3. The average Bonchev–Trinajstić information content (AvgIpc) is 3.22. The molecule has 0 aliphatic rings. The normalized spacial score (nSPS) is 11.2. The van der Waals surface area contributed by atoms with Crippen LogP contribution in [-0.4, -0.2) is 60.2 Å². The molecule has 3 aromatic rings. The SMILES string of the molecule is Cc1onc(-c2ccc(S(=O)(=O)N(C)C(=O)OCCSSCC(=O)O)cc2)c1-c1ccccc1. The maximum Gasteiger partial charge on any atom is 0.423 e. The highest BCUT2D eigenvalue weighted by Crippen LogP contribution is 2.34. The number of hydrogen-bond acceptors (Lipinski definition) is 9. The molecule has 0 atom stereocenters. The third-order valence-corrected chi connectivity index (χ3v) is 8.58. The number of sulfonamides is 1. The molecule has 0 radical (unpaired) electrons. The van der Waals surface area contributed by atoms with E-state index in [2.05, 4.69) is 5.16 Å². The van der Waals surface area contributed by atoms with Gasteiger partial charge in [0.05, 0.1) is 10.5 Å². The maximum atomic E-state index is 12.8. The fourth-order valence-corrected chi connectivity index (χ4v) is 5.57. The second-order valence-electron chi connectivity index (χ2n) is 6.92. The van der Waals surface area contributed by atoms with E-state index < -0.39 is 22.1 Å². The van der Waals surface area contributed by atoms with Crippen molar-refractivity contribution >= 4 is 43.7 Å². The van der Waals surface area contributed by atoms with Crippen molar-refractivity contribution in [2.24, 2.45) is 0 Å². The minimum absolute atomic E-state index is 0.0529. The summed E-state index contributed by atoms with van der Waals surface area (Å²) in [6, 6.07) is 15.6. The molecule has 2 aromatic carbocycles. The number of carboxylic acid groups (broad SMARTS) is 1. The van der Waals surface area contributed by atoms with E-state index in [4.69, 9.17) is 14.4 Å². The van der Waals surface area contributed by atoms with Crippen molar-refractivity contribution in [3.05, 3.63) is 60.4 Å². The standard InChI is InChI=1S/C22H22N2O7S3/c1-15-20(16-6-4-3-5-7-16)21(23-31-15)17-8-10-18(11-9-17)34(28,29)24(2)22(27)30-12-13-32-33-14-19(25)26/h3-11H,12-14H2,1-2H3,(H,25,26). The van der Waals surface area contributed by atoms with Crippen LogP contribution in [0.2, 0.25) is 0 Å². The maximum absolute atomic E-state index is 12.8. The van der Waals surface area contributed by atoms with Crippen molar-refractivity contribution in [2.75, 3.05) is 25.2 Å². The van der Waals surface area contributed by atoms with E-state index in [1.807, 2.05) is 37.3 Å². The van der Waals surface area contributed by atoms with Gasteiger partial charge in [-0.3, -0.25) is 4.79 Å². The number of nitrogens with zero attached hydrogens (tertiary/aromatic N) is 2. The number of benzene rings is 2.